The summed E-state index contributed by atoms with van der Waals surface area (Å²) in [5.41, 5.74) is 2.33. The number of ether oxygens (including phenoxy) is 1. The van der Waals surface area contributed by atoms with Crippen LogP contribution in [0, 0.1) is 0 Å². The van der Waals surface area contributed by atoms with Crippen molar-refractivity contribution in [3.8, 4) is 0 Å². The van der Waals surface area contributed by atoms with Gasteiger partial charge in [-0.05, 0) is 23.6 Å². The number of hydrogen-bond acceptors (Lipinski definition) is 2. The Morgan fingerprint density at radius 1 is 1.00 bits per heavy atom. The van der Waals surface area contributed by atoms with Gasteiger partial charge in [-0.25, -0.2) is 4.79 Å². The van der Waals surface area contributed by atoms with Crippen molar-refractivity contribution >= 4 is 28.7 Å². The van der Waals surface area contributed by atoms with Crippen molar-refractivity contribution in [2.45, 2.75) is 25.1 Å². The summed E-state index contributed by atoms with van der Waals surface area (Å²) < 4.78 is 6.54. The average Bonchev–Trinajstić information content (AvgIpc) is 2.90. The number of carbonyl (C=O) groups excluding carboxylic acids is 1. The normalized spacial score (nSPS) is 20.5. The van der Waals surface area contributed by atoms with Gasteiger partial charge in [0.15, 0.2) is 0 Å². The molecule has 24 heavy (non-hydrogen) atoms. The number of hydrogen-bond donors (Lipinski definition) is 0. The van der Waals surface area contributed by atoms with E-state index in [0.717, 1.165) is 16.4 Å². The molecule has 0 radical (unpaired) electrons. The van der Waals surface area contributed by atoms with Crippen LogP contribution in [-0.2, 0) is 17.7 Å². The zero-order valence-corrected chi connectivity index (χ0v) is 15.5. The molecule has 0 bridgehead atoms. The fourth-order valence-corrected chi connectivity index (χ4v) is 3.27. The summed E-state index contributed by atoms with van der Waals surface area (Å²) in [6.07, 6.45) is 4.43. The number of nitrogens with zero attached hydrogens (tertiary/aromatic N) is 1. The summed E-state index contributed by atoms with van der Waals surface area (Å²) in [7, 11) is 0. The fraction of sp³-hybridized carbons (Fsp3) is 0.250. The van der Waals surface area contributed by atoms with Crippen molar-refractivity contribution in [2.24, 2.45) is 0 Å². The SMILES string of the molecule is O=C1O[C@@H](/C=C/CI)[C@H](Cc2ccccc2)N1Cc1ccccc1. The molecule has 1 heterocycles. The van der Waals surface area contributed by atoms with Crippen molar-refractivity contribution in [1.82, 2.24) is 4.90 Å². The molecule has 124 valence electrons. The maximum Gasteiger partial charge on any atom is 0.411 e. The number of carbonyl (C=O) groups is 1. The highest BCUT2D eigenvalue weighted by Gasteiger charge is 2.40. The molecular formula is C20H20INO2. The lowest BCUT2D eigenvalue weighted by Gasteiger charge is -2.24. The van der Waals surface area contributed by atoms with Gasteiger partial charge in [-0.1, -0.05) is 89.3 Å². The quantitative estimate of drug-likeness (QED) is 0.378. The van der Waals surface area contributed by atoms with Crippen LogP contribution in [0.4, 0.5) is 4.79 Å². The second kappa shape index (κ2) is 8.33. The minimum Gasteiger partial charge on any atom is -0.440 e. The molecule has 0 spiro atoms. The monoisotopic (exact) mass is 433 g/mol. The number of rotatable bonds is 6. The first-order valence-electron chi connectivity index (χ1n) is 8.05. The van der Waals surface area contributed by atoms with Gasteiger partial charge in [0.1, 0.15) is 6.10 Å². The van der Waals surface area contributed by atoms with Crippen LogP contribution in [0.15, 0.2) is 72.8 Å². The molecule has 2 atom stereocenters. The Morgan fingerprint density at radius 2 is 1.62 bits per heavy atom. The second-order valence-corrected chi connectivity index (χ2v) is 6.68. The Morgan fingerprint density at radius 3 is 2.25 bits per heavy atom. The van der Waals surface area contributed by atoms with Gasteiger partial charge >= 0.3 is 6.09 Å². The lowest BCUT2D eigenvalue weighted by Crippen LogP contribution is -2.37. The molecule has 0 N–H and O–H groups in total. The number of benzene rings is 2. The fourth-order valence-electron chi connectivity index (χ4n) is 2.97. The van der Waals surface area contributed by atoms with Crippen LogP contribution in [-0.4, -0.2) is 27.6 Å². The van der Waals surface area contributed by atoms with Gasteiger partial charge < -0.3 is 4.74 Å². The van der Waals surface area contributed by atoms with Crippen molar-refractivity contribution in [2.75, 3.05) is 4.43 Å². The van der Waals surface area contributed by atoms with Gasteiger partial charge in [0.2, 0.25) is 0 Å². The van der Waals surface area contributed by atoms with E-state index in [1.54, 1.807) is 0 Å². The zero-order valence-electron chi connectivity index (χ0n) is 13.3. The van der Waals surface area contributed by atoms with E-state index < -0.39 is 0 Å². The maximum absolute atomic E-state index is 12.4. The van der Waals surface area contributed by atoms with Gasteiger partial charge in [-0.3, -0.25) is 4.90 Å². The van der Waals surface area contributed by atoms with E-state index in [9.17, 15) is 4.79 Å². The van der Waals surface area contributed by atoms with Crippen LogP contribution in [0.25, 0.3) is 0 Å². The Hall–Kier alpha value is -1.82. The molecule has 3 rings (SSSR count). The first kappa shape index (κ1) is 17.0. The van der Waals surface area contributed by atoms with Crippen LogP contribution < -0.4 is 0 Å². The number of cyclic esters (lactones) is 1. The van der Waals surface area contributed by atoms with Crippen molar-refractivity contribution < 1.29 is 9.53 Å². The van der Waals surface area contributed by atoms with Crippen LogP contribution in [0.1, 0.15) is 11.1 Å². The highest BCUT2D eigenvalue weighted by Crippen LogP contribution is 2.26. The van der Waals surface area contributed by atoms with E-state index >= 15 is 0 Å². The average molecular weight is 433 g/mol. The third kappa shape index (κ3) is 4.17. The Bertz CT molecular complexity index is 687. The predicted molar refractivity (Wildman–Crippen MR) is 104 cm³/mol. The summed E-state index contributed by atoms with van der Waals surface area (Å²) in [4.78, 5) is 14.3. The van der Waals surface area contributed by atoms with Gasteiger partial charge in [0, 0.05) is 11.0 Å². The molecule has 0 saturated carbocycles. The number of halogens is 1. The van der Waals surface area contributed by atoms with Crippen molar-refractivity contribution in [1.29, 1.82) is 0 Å². The second-order valence-electron chi connectivity index (χ2n) is 5.80. The van der Waals surface area contributed by atoms with Crippen molar-refractivity contribution in [3.05, 3.63) is 83.9 Å². The van der Waals surface area contributed by atoms with E-state index in [4.69, 9.17) is 4.74 Å². The molecule has 1 aliphatic rings. The van der Waals surface area contributed by atoms with Gasteiger partial charge in [-0.2, -0.15) is 0 Å². The third-order valence-electron chi connectivity index (χ3n) is 4.15. The molecule has 0 aliphatic carbocycles. The lowest BCUT2D eigenvalue weighted by molar-refractivity contribution is 0.144. The first-order chi connectivity index (χ1) is 11.8. The van der Waals surface area contributed by atoms with E-state index in [0.29, 0.717) is 6.54 Å². The Labute approximate surface area is 156 Å². The summed E-state index contributed by atoms with van der Waals surface area (Å²) in [5.74, 6) is 0. The first-order valence-corrected chi connectivity index (χ1v) is 9.58. The molecule has 3 nitrogen and oxygen atoms in total. The van der Waals surface area contributed by atoms with E-state index in [-0.39, 0.29) is 18.2 Å². The highest BCUT2D eigenvalue weighted by molar-refractivity contribution is 14.1. The Kier molecular flexibility index (Phi) is 5.91. The van der Waals surface area contributed by atoms with Crippen LogP contribution in [0.3, 0.4) is 0 Å². The molecule has 1 fully saturated rings. The third-order valence-corrected chi connectivity index (χ3v) is 4.66. The highest BCUT2D eigenvalue weighted by atomic mass is 127. The standard InChI is InChI=1S/C20H20INO2/c21-13-7-12-19-18(14-16-8-3-1-4-9-16)22(20(23)24-19)15-17-10-5-2-6-11-17/h1-12,18-19H,13-15H2/b12-7+/t18-,19-/m0/s1. The van der Waals surface area contributed by atoms with Crippen molar-refractivity contribution in [3.63, 3.8) is 0 Å². The summed E-state index contributed by atoms with van der Waals surface area (Å²) in [6.45, 7) is 0.575. The molecule has 1 saturated heterocycles. The lowest BCUT2D eigenvalue weighted by atomic mass is 10.00. The summed E-state index contributed by atoms with van der Waals surface area (Å²) in [5, 5.41) is 0. The van der Waals surface area contributed by atoms with Crippen LogP contribution in [0.2, 0.25) is 0 Å². The molecule has 4 heteroatoms. The maximum atomic E-state index is 12.4. The van der Waals surface area contributed by atoms with Gasteiger partial charge in [0.25, 0.3) is 0 Å². The Balaban J connectivity index is 1.83. The predicted octanol–water partition coefficient (Wildman–Crippen LogP) is 4.61. The van der Waals surface area contributed by atoms with E-state index in [1.807, 2.05) is 59.5 Å². The molecule has 1 amide bonds. The smallest absolute Gasteiger partial charge is 0.411 e. The van der Waals surface area contributed by atoms with Gasteiger partial charge in [-0.15, -0.1) is 0 Å². The molecule has 2 aromatic carbocycles. The topological polar surface area (TPSA) is 29.5 Å². The summed E-state index contributed by atoms with van der Waals surface area (Å²) in [6, 6.07) is 20.3. The number of allylic oxidation sites excluding steroid dienone is 1. The molecular weight excluding hydrogens is 413 g/mol. The molecule has 0 aromatic heterocycles. The number of amides is 1. The minimum atomic E-state index is -0.233. The van der Waals surface area contributed by atoms with E-state index in [2.05, 4.69) is 40.8 Å². The minimum absolute atomic E-state index is 0.0132. The molecule has 2 aromatic rings. The van der Waals surface area contributed by atoms with E-state index in [1.165, 1.54) is 5.56 Å². The van der Waals surface area contributed by atoms with Gasteiger partial charge in [0.05, 0.1) is 6.04 Å². The number of alkyl halides is 1. The molecule has 1 aliphatic heterocycles. The van der Waals surface area contributed by atoms with Crippen LogP contribution in [0.5, 0.6) is 0 Å². The van der Waals surface area contributed by atoms with Crippen LogP contribution >= 0.6 is 22.6 Å². The molecule has 0 unspecified atom stereocenters. The zero-order chi connectivity index (χ0) is 16.8. The summed E-state index contributed by atoms with van der Waals surface area (Å²) >= 11 is 2.29. The largest absolute Gasteiger partial charge is 0.440 e.